The number of carbonyl (C=O) groups excluding carboxylic acids is 1. The Morgan fingerprint density at radius 2 is 1.65 bits per heavy atom. The van der Waals surface area contributed by atoms with Crippen molar-refractivity contribution >= 4 is 12.1 Å². The zero-order valence-corrected chi connectivity index (χ0v) is 18.2. The van der Waals surface area contributed by atoms with Crippen LogP contribution in [-0.2, 0) is 0 Å². The van der Waals surface area contributed by atoms with E-state index in [4.69, 9.17) is 14.2 Å². The monoisotopic (exact) mass is 476 g/mol. The zero-order chi connectivity index (χ0) is 24.7. The predicted octanol–water partition coefficient (Wildman–Crippen LogP) is 3.83. The molecule has 12 heteroatoms. The molecule has 0 aliphatic heterocycles. The summed E-state index contributed by atoms with van der Waals surface area (Å²) < 4.78 is 58.0. The van der Waals surface area contributed by atoms with Gasteiger partial charge in [-0.25, -0.2) is 10.4 Å². The minimum atomic E-state index is -4.94. The van der Waals surface area contributed by atoms with Crippen molar-refractivity contribution in [2.24, 2.45) is 5.10 Å². The Hall–Kier alpha value is -4.35. The molecule has 1 N–H and O–H groups in total. The van der Waals surface area contributed by atoms with Crippen LogP contribution in [0.2, 0.25) is 0 Å². The Morgan fingerprint density at radius 3 is 2.26 bits per heavy atom. The Labute approximate surface area is 192 Å². The number of carbonyl (C=O) groups is 1. The molecule has 0 aliphatic carbocycles. The molecule has 0 spiro atoms. The third kappa shape index (κ3) is 6.34. The van der Waals surface area contributed by atoms with Crippen molar-refractivity contribution in [1.29, 1.82) is 0 Å². The van der Waals surface area contributed by atoms with Crippen LogP contribution in [-0.4, -0.2) is 49.8 Å². The molecule has 0 atom stereocenters. The van der Waals surface area contributed by atoms with Crippen molar-refractivity contribution in [3.8, 4) is 34.3 Å². The first-order chi connectivity index (χ1) is 16.2. The van der Waals surface area contributed by atoms with Gasteiger partial charge in [0.1, 0.15) is 28.7 Å². The second-order valence-corrected chi connectivity index (χ2v) is 6.54. The summed E-state index contributed by atoms with van der Waals surface area (Å²) in [4.78, 5) is 20.5. The number of ether oxygens (including phenoxy) is 4. The third-order valence-electron chi connectivity index (χ3n) is 4.31. The number of aromatic nitrogens is 2. The van der Waals surface area contributed by atoms with Crippen molar-refractivity contribution in [3.63, 3.8) is 0 Å². The smallest absolute Gasteiger partial charge is 0.497 e. The number of hydrogen-bond donors (Lipinski definition) is 1. The molecule has 3 rings (SSSR count). The number of rotatable bonds is 8. The zero-order valence-electron chi connectivity index (χ0n) is 18.2. The molecule has 178 valence electrons. The van der Waals surface area contributed by atoms with Crippen LogP contribution in [0.1, 0.15) is 16.1 Å². The second kappa shape index (κ2) is 10.5. The number of nitrogens with zero attached hydrogens (tertiary/aromatic N) is 3. The summed E-state index contributed by atoms with van der Waals surface area (Å²) >= 11 is 0. The Kier molecular flexibility index (Phi) is 7.51. The maximum Gasteiger partial charge on any atom is 0.573 e. The van der Waals surface area contributed by atoms with Crippen LogP contribution in [0.25, 0.3) is 11.3 Å². The molecule has 0 bridgehead atoms. The Bertz CT molecular complexity index is 1180. The fourth-order valence-electron chi connectivity index (χ4n) is 2.78. The summed E-state index contributed by atoms with van der Waals surface area (Å²) in [7, 11) is 4.30. The van der Waals surface area contributed by atoms with E-state index in [1.54, 1.807) is 18.2 Å². The fourth-order valence-corrected chi connectivity index (χ4v) is 2.78. The summed E-state index contributed by atoms with van der Waals surface area (Å²) in [6.07, 6.45) is -1.23. The molecule has 1 heterocycles. The van der Waals surface area contributed by atoms with Crippen LogP contribution in [0.15, 0.2) is 53.9 Å². The van der Waals surface area contributed by atoms with Crippen molar-refractivity contribution in [1.82, 2.24) is 15.4 Å². The van der Waals surface area contributed by atoms with Crippen LogP contribution in [0.3, 0.4) is 0 Å². The highest BCUT2D eigenvalue weighted by molar-refractivity contribution is 5.93. The van der Waals surface area contributed by atoms with Gasteiger partial charge in [0.05, 0.1) is 45.6 Å². The highest BCUT2D eigenvalue weighted by Crippen LogP contribution is 2.35. The number of methoxy groups -OCH3 is 3. The van der Waals surface area contributed by atoms with E-state index in [0.717, 1.165) is 12.3 Å². The molecule has 0 unspecified atom stereocenters. The molecular formula is C22H19F3N4O5. The molecule has 9 nitrogen and oxygen atoms in total. The topological polar surface area (TPSA) is 104 Å². The van der Waals surface area contributed by atoms with Crippen LogP contribution in [0.5, 0.6) is 23.0 Å². The van der Waals surface area contributed by atoms with E-state index in [1.807, 2.05) is 0 Å². The fraction of sp³-hybridized carbons (Fsp3) is 0.182. The first-order valence-electron chi connectivity index (χ1n) is 9.55. The molecule has 1 aromatic heterocycles. The molecule has 0 saturated carbocycles. The average Bonchev–Trinajstić information content (AvgIpc) is 2.82. The second-order valence-electron chi connectivity index (χ2n) is 6.54. The maximum absolute atomic E-state index is 12.9. The highest BCUT2D eigenvalue weighted by Gasteiger charge is 2.32. The lowest BCUT2D eigenvalue weighted by molar-refractivity contribution is -0.274. The third-order valence-corrected chi connectivity index (χ3v) is 4.31. The quantitative estimate of drug-likeness (QED) is 0.389. The standard InChI is InChI=1S/C22H19F3N4O5/c1-31-14-4-5-17(20(9-14)34-22(23,24)25)18-11-26-12-19(28-18)21(30)29-27-10-13-6-15(32-2)8-16(7-13)33-3/h4-12H,1-3H3,(H,29,30). The largest absolute Gasteiger partial charge is 0.573 e. The van der Waals surface area contributed by atoms with Crippen LogP contribution in [0.4, 0.5) is 13.2 Å². The first kappa shape index (κ1) is 24.3. The number of benzene rings is 2. The molecule has 0 aliphatic rings. The summed E-state index contributed by atoms with van der Waals surface area (Å²) in [6.45, 7) is 0. The van der Waals surface area contributed by atoms with Crippen molar-refractivity contribution in [2.75, 3.05) is 21.3 Å². The van der Waals surface area contributed by atoms with E-state index in [1.165, 1.54) is 45.9 Å². The summed E-state index contributed by atoms with van der Waals surface area (Å²) in [5.41, 5.74) is 2.65. The summed E-state index contributed by atoms with van der Waals surface area (Å²) in [6, 6.07) is 8.82. The Balaban J connectivity index is 1.82. The normalized spacial score (nSPS) is 11.2. The number of hydrogen-bond acceptors (Lipinski definition) is 8. The minimum Gasteiger partial charge on any atom is -0.497 e. The van der Waals surface area contributed by atoms with Crippen molar-refractivity contribution < 1.29 is 36.9 Å². The molecule has 0 saturated heterocycles. The number of nitrogens with one attached hydrogen (secondary N) is 1. The highest BCUT2D eigenvalue weighted by atomic mass is 19.4. The molecule has 3 aromatic rings. The van der Waals surface area contributed by atoms with Gasteiger partial charge in [0, 0.05) is 23.3 Å². The maximum atomic E-state index is 12.9. The summed E-state index contributed by atoms with van der Waals surface area (Å²) in [5, 5.41) is 3.87. The van der Waals surface area contributed by atoms with E-state index in [-0.39, 0.29) is 22.7 Å². The Morgan fingerprint density at radius 1 is 0.971 bits per heavy atom. The molecule has 34 heavy (non-hydrogen) atoms. The van der Waals surface area contributed by atoms with E-state index in [0.29, 0.717) is 17.1 Å². The number of amides is 1. The van der Waals surface area contributed by atoms with Gasteiger partial charge >= 0.3 is 6.36 Å². The van der Waals surface area contributed by atoms with Crippen LogP contribution < -0.4 is 24.4 Å². The molecule has 2 aromatic carbocycles. The molecule has 1 amide bonds. The van der Waals surface area contributed by atoms with E-state index in [9.17, 15) is 18.0 Å². The van der Waals surface area contributed by atoms with Gasteiger partial charge in [-0.1, -0.05) is 0 Å². The summed E-state index contributed by atoms with van der Waals surface area (Å²) in [5.74, 6) is -0.0755. The number of halogens is 3. The van der Waals surface area contributed by atoms with Gasteiger partial charge in [-0.2, -0.15) is 5.10 Å². The SMILES string of the molecule is COc1cc(C=NNC(=O)c2cncc(-c3ccc(OC)cc3OC(F)(F)F)n2)cc(OC)c1. The minimum absolute atomic E-state index is 0.0175. The molecule has 0 fully saturated rings. The van der Waals surface area contributed by atoms with E-state index < -0.39 is 18.0 Å². The van der Waals surface area contributed by atoms with Crippen LogP contribution >= 0.6 is 0 Å². The van der Waals surface area contributed by atoms with E-state index in [2.05, 4.69) is 25.2 Å². The van der Waals surface area contributed by atoms with Gasteiger partial charge in [0.15, 0.2) is 0 Å². The van der Waals surface area contributed by atoms with Gasteiger partial charge in [-0.05, 0) is 24.3 Å². The number of hydrazone groups is 1. The van der Waals surface area contributed by atoms with Crippen molar-refractivity contribution in [3.05, 3.63) is 60.0 Å². The van der Waals surface area contributed by atoms with Gasteiger partial charge in [-0.3, -0.25) is 9.78 Å². The lowest BCUT2D eigenvalue weighted by atomic mass is 10.1. The predicted molar refractivity (Wildman–Crippen MR) is 115 cm³/mol. The van der Waals surface area contributed by atoms with Gasteiger partial charge < -0.3 is 18.9 Å². The lowest BCUT2D eigenvalue weighted by Crippen LogP contribution is -2.20. The molecular weight excluding hydrogens is 457 g/mol. The number of alkyl halides is 3. The average molecular weight is 476 g/mol. The lowest BCUT2D eigenvalue weighted by Gasteiger charge is -2.14. The van der Waals surface area contributed by atoms with Gasteiger partial charge in [0.2, 0.25) is 0 Å². The van der Waals surface area contributed by atoms with Gasteiger partial charge in [-0.15, -0.1) is 13.2 Å². The van der Waals surface area contributed by atoms with Gasteiger partial charge in [0.25, 0.3) is 5.91 Å². The molecule has 0 radical (unpaired) electrons. The van der Waals surface area contributed by atoms with Crippen LogP contribution in [0, 0.1) is 0 Å². The van der Waals surface area contributed by atoms with E-state index >= 15 is 0 Å². The van der Waals surface area contributed by atoms with Crippen molar-refractivity contribution in [2.45, 2.75) is 6.36 Å². The first-order valence-corrected chi connectivity index (χ1v) is 9.55.